The van der Waals surface area contributed by atoms with E-state index in [0.717, 1.165) is 24.5 Å². The lowest BCUT2D eigenvalue weighted by atomic mass is 9.96. The number of benzene rings is 1. The summed E-state index contributed by atoms with van der Waals surface area (Å²) in [4.78, 5) is 30.7. The maximum atomic E-state index is 12.9. The van der Waals surface area contributed by atoms with Crippen LogP contribution in [-0.2, 0) is 4.79 Å². The summed E-state index contributed by atoms with van der Waals surface area (Å²) in [6.45, 7) is 3.13. The van der Waals surface area contributed by atoms with E-state index in [1.165, 1.54) is 24.3 Å². The Morgan fingerprint density at radius 3 is 2.72 bits per heavy atom. The fourth-order valence-electron chi connectivity index (χ4n) is 3.12. The number of hydrogen-bond donors (Lipinski definition) is 1. The van der Waals surface area contributed by atoms with E-state index < -0.39 is 0 Å². The lowest BCUT2D eigenvalue weighted by Crippen LogP contribution is -2.39. The zero-order valence-corrected chi connectivity index (χ0v) is 14.2. The van der Waals surface area contributed by atoms with Gasteiger partial charge in [-0.25, -0.2) is 9.37 Å². The van der Waals surface area contributed by atoms with Crippen molar-refractivity contribution in [1.82, 2.24) is 20.1 Å². The van der Waals surface area contributed by atoms with Crippen LogP contribution in [0.1, 0.15) is 53.6 Å². The first-order valence-corrected chi connectivity index (χ1v) is 8.48. The molecule has 1 aromatic heterocycles. The van der Waals surface area contributed by atoms with Crippen molar-refractivity contribution in [3.05, 3.63) is 47.3 Å². The van der Waals surface area contributed by atoms with E-state index in [4.69, 9.17) is 0 Å². The van der Waals surface area contributed by atoms with Crippen LogP contribution in [0.2, 0.25) is 0 Å². The molecular weight excluding hydrogens is 323 g/mol. The number of nitrogens with one attached hydrogen (secondary N) is 1. The van der Waals surface area contributed by atoms with Crippen LogP contribution in [0.25, 0.3) is 0 Å². The Hall–Kier alpha value is -2.57. The molecule has 6 nitrogen and oxygen atoms in total. The highest BCUT2D eigenvalue weighted by atomic mass is 19.1. The third-order valence-electron chi connectivity index (χ3n) is 4.49. The maximum absolute atomic E-state index is 12.9. The number of amides is 1. The van der Waals surface area contributed by atoms with Crippen molar-refractivity contribution in [2.24, 2.45) is 0 Å². The average Bonchev–Trinajstić information content (AvgIpc) is 3.06. The largest absolute Gasteiger partial charge is 0.342 e. The standard InChI is InChI=1S/C18H21FN4O2/c1-12-20-18(22-21-12)14-3-2-10-23(11-14)17(25)9-8-16(24)13-4-6-15(19)7-5-13/h4-7,14H,2-3,8-11H2,1H3,(H,20,21,22)/t14-/m1/s1. The Morgan fingerprint density at radius 2 is 2.04 bits per heavy atom. The highest BCUT2D eigenvalue weighted by Crippen LogP contribution is 2.25. The summed E-state index contributed by atoms with van der Waals surface area (Å²) in [5, 5.41) is 7.03. The van der Waals surface area contributed by atoms with E-state index >= 15 is 0 Å². The van der Waals surface area contributed by atoms with Gasteiger partial charge in [-0.1, -0.05) is 0 Å². The predicted octanol–water partition coefficient (Wildman–Crippen LogP) is 2.62. The SMILES string of the molecule is Cc1nc([C@@H]2CCCN(C(=O)CCC(=O)c3ccc(F)cc3)C2)n[nH]1. The van der Waals surface area contributed by atoms with E-state index in [0.29, 0.717) is 18.7 Å². The zero-order chi connectivity index (χ0) is 17.8. The summed E-state index contributed by atoms with van der Waals surface area (Å²) in [7, 11) is 0. The van der Waals surface area contributed by atoms with Gasteiger partial charge in [0.05, 0.1) is 0 Å². The van der Waals surface area contributed by atoms with Gasteiger partial charge in [-0.2, -0.15) is 5.10 Å². The fraction of sp³-hybridized carbons (Fsp3) is 0.444. The normalized spacial score (nSPS) is 17.5. The molecule has 1 aromatic carbocycles. The molecule has 25 heavy (non-hydrogen) atoms. The van der Waals surface area contributed by atoms with Crippen LogP contribution in [0.5, 0.6) is 0 Å². The number of likely N-dealkylation sites (tertiary alicyclic amines) is 1. The van der Waals surface area contributed by atoms with Crippen molar-refractivity contribution in [3.8, 4) is 0 Å². The highest BCUT2D eigenvalue weighted by molar-refractivity contribution is 5.97. The Bertz CT molecular complexity index is 757. The van der Waals surface area contributed by atoms with Crippen LogP contribution in [0.4, 0.5) is 4.39 Å². The van der Waals surface area contributed by atoms with E-state index in [-0.39, 0.29) is 36.3 Å². The summed E-state index contributed by atoms with van der Waals surface area (Å²) in [5.41, 5.74) is 0.432. The second-order valence-electron chi connectivity index (χ2n) is 6.39. The predicted molar refractivity (Wildman–Crippen MR) is 89.6 cm³/mol. The smallest absolute Gasteiger partial charge is 0.223 e. The molecule has 3 rings (SSSR count). The summed E-state index contributed by atoms with van der Waals surface area (Å²) < 4.78 is 12.9. The minimum Gasteiger partial charge on any atom is -0.342 e. The van der Waals surface area contributed by atoms with Crippen LogP contribution in [0.3, 0.4) is 0 Å². The monoisotopic (exact) mass is 344 g/mol. The number of halogens is 1. The van der Waals surface area contributed by atoms with Crippen molar-refractivity contribution in [3.63, 3.8) is 0 Å². The van der Waals surface area contributed by atoms with E-state index in [1.807, 2.05) is 6.92 Å². The number of piperidine rings is 1. The molecule has 132 valence electrons. The number of carbonyl (C=O) groups excluding carboxylic acids is 2. The number of rotatable bonds is 5. The average molecular weight is 344 g/mol. The minimum atomic E-state index is -0.380. The lowest BCUT2D eigenvalue weighted by molar-refractivity contribution is -0.132. The van der Waals surface area contributed by atoms with E-state index in [9.17, 15) is 14.0 Å². The summed E-state index contributed by atoms with van der Waals surface area (Å²) >= 11 is 0. The van der Waals surface area contributed by atoms with Crippen LogP contribution in [-0.4, -0.2) is 44.9 Å². The Labute approximate surface area is 145 Å². The second-order valence-corrected chi connectivity index (χ2v) is 6.39. The Morgan fingerprint density at radius 1 is 1.28 bits per heavy atom. The van der Waals surface area contributed by atoms with Crippen molar-refractivity contribution < 1.29 is 14.0 Å². The first-order chi connectivity index (χ1) is 12.0. The number of carbonyl (C=O) groups is 2. The third kappa shape index (κ3) is 4.29. The molecule has 7 heteroatoms. The third-order valence-corrected chi connectivity index (χ3v) is 4.49. The van der Waals surface area contributed by atoms with Crippen LogP contribution >= 0.6 is 0 Å². The van der Waals surface area contributed by atoms with Gasteiger partial charge >= 0.3 is 0 Å². The van der Waals surface area contributed by atoms with Crippen LogP contribution in [0, 0.1) is 12.7 Å². The molecule has 1 aliphatic rings. The van der Waals surface area contributed by atoms with Crippen molar-refractivity contribution in [2.45, 2.75) is 38.5 Å². The second kappa shape index (κ2) is 7.55. The Kier molecular flexibility index (Phi) is 5.21. The molecule has 1 atom stereocenters. The van der Waals surface area contributed by atoms with Gasteiger partial charge in [0.2, 0.25) is 5.91 Å². The first kappa shape index (κ1) is 17.3. The van der Waals surface area contributed by atoms with Gasteiger partial charge in [-0.3, -0.25) is 14.7 Å². The molecule has 0 aliphatic carbocycles. The van der Waals surface area contributed by atoms with Crippen molar-refractivity contribution in [1.29, 1.82) is 0 Å². The molecular formula is C18H21FN4O2. The van der Waals surface area contributed by atoms with Gasteiger partial charge in [0.25, 0.3) is 0 Å². The molecule has 2 aromatic rings. The fourth-order valence-corrected chi connectivity index (χ4v) is 3.12. The topological polar surface area (TPSA) is 79.0 Å². The molecule has 1 saturated heterocycles. The molecule has 1 fully saturated rings. The molecule has 0 unspecified atom stereocenters. The van der Waals surface area contributed by atoms with E-state index in [1.54, 1.807) is 4.90 Å². The maximum Gasteiger partial charge on any atom is 0.223 e. The number of H-pyrrole nitrogens is 1. The van der Waals surface area contributed by atoms with Crippen molar-refractivity contribution >= 4 is 11.7 Å². The zero-order valence-electron chi connectivity index (χ0n) is 14.2. The molecule has 1 N–H and O–H groups in total. The van der Waals surface area contributed by atoms with Gasteiger partial charge in [0, 0.05) is 37.4 Å². The van der Waals surface area contributed by atoms with Crippen LogP contribution < -0.4 is 0 Å². The number of aromatic amines is 1. The van der Waals surface area contributed by atoms with Gasteiger partial charge in [0.1, 0.15) is 11.6 Å². The number of nitrogens with zero attached hydrogens (tertiary/aromatic N) is 3. The number of Topliss-reactive ketones (excluding diaryl/α,β-unsaturated/α-hetero) is 1. The molecule has 0 spiro atoms. The van der Waals surface area contributed by atoms with Gasteiger partial charge < -0.3 is 4.90 Å². The lowest BCUT2D eigenvalue weighted by Gasteiger charge is -2.31. The highest BCUT2D eigenvalue weighted by Gasteiger charge is 2.27. The molecule has 0 saturated carbocycles. The van der Waals surface area contributed by atoms with E-state index in [2.05, 4.69) is 15.2 Å². The number of ketones is 1. The first-order valence-electron chi connectivity index (χ1n) is 8.48. The minimum absolute atomic E-state index is 0.0348. The molecule has 2 heterocycles. The van der Waals surface area contributed by atoms with Crippen molar-refractivity contribution in [2.75, 3.05) is 13.1 Å². The molecule has 0 radical (unpaired) electrons. The Balaban J connectivity index is 1.54. The number of hydrogen-bond acceptors (Lipinski definition) is 4. The summed E-state index contributed by atoms with van der Waals surface area (Å²) in [6, 6.07) is 5.40. The summed E-state index contributed by atoms with van der Waals surface area (Å²) in [6.07, 6.45) is 2.15. The molecule has 0 bridgehead atoms. The number of aryl methyl sites for hydroxylation is 1. The molecule has 1 amide bonds. The molecule has 1 aliphatic heterocycles. The van der Waals surface area contributed by atoms with Gasteiger partial charge in [-0.15, -0.1) is 0 Å². The van der Waals surface area contributed by atoms with Gasteiger partial charge in [0.15, 0.2) is 11.6 Å². The summed E-state index contributed by atoms with van der Waals surface area (Å²) in [5.74, 6) is 1.09. The van der Waals surface area contributed by atoms with Gasteiger partial charge in [-0.05, 0) is 44.0 Å². The van der Waals surface area contributed by atoms with Crippen LogP contribution in [0.15, 0.2) is 24.3 Å². The quantitative estimate of drug-likeness (QED) is 0.846. The number of aromatic nitrogens is 3.